The second-order valence-corrected chi connectivity index (χ2v) is 7.27. The number of nitrogens with zero attached hydrogens (tertiary/aromatic N) is 1. The summed E-state index contributed by atoms with van der Waals surface area (Å²) >= 11 is 0. The van der Waals surface area contributed by atoms with Gasteiger partial charge in [0.2, 0.25) is 11.8 Å². The number of carbonyl (C=O) groups is 2. The summed E-state index contributed by atoms with van der Waals surface area (Å²) < 4.78 is 0. The third-order valence-electron chi connectivity index (χ3n) is 5.52. The van der Waals surface area contributed by atoms with Gasteiger partial charge in [0.05, 0.1) is 11.8 Å². The Morgan fingerprint density at radius 3 is 2.50 bits per heavy atom. The molecule has 1 aliphatic heterocycles. The zero-order chi connectivity index (χ0) is 18.1. The molecule has 0 aromatic heterocycles. The molecular weight excluding hydrogens is 324 g/mol. The summed E-state index contributed by atoms with van der Waals surface area (Å²) in [4.78, 5) is 27.1. The molecule has 1 saturated carbocycles. The number of amides is 2. The molecule has 4 nitrogen and oxygen atoms in total. The third kappa shape index (κ3) is 3.36. The molecule has 2 atom stereocenters. The van der Waals surface area contributed by atoms with E-state index in [9.17, 15) is 9.59 Å². The van der Waals surface area contributed by atoms with Crippen LogP contribution in [0.1, 0.15) is 30.0 Å². The molecule has 2 aromatic rings. The fraction of sp³-hybridized carbons (Fsp3) is 0.364. The third-order valence-corrected chi connectivity index (χ3v) is 5.52. The number of benzene rings is 2. The highest BCUT2D eigenvalue weighted by atomic mass is 16.2. The summed E-state index contributed by atoms with van der Waals surface area (Å²) in [6, 6.07) is 16.2. The Kier molecular flexibility index (Phi) is 4.49. The average molecular weight is 348 g/mol. The number of hydrogen-bond acceptors (Lipinski definition) is 2. The average Bonchev–Trinajstić information content (AvgIpc) is 3.48. The Bertz CT molecular complexity index is 828. The van der Waals surface area contributed by atoms with Crippen molar-refractivity contribution in [2.24, 2.45) is 11.8 Å². The van der Waals surface area contributed by atoms with Gasteiger partial charge >= 0.3 is 0 Å². The van der Waals surface area contributed by atoms with E-state index in [0.717, 1.165) is 25.1 Å². The van der Waals surface area contributed by atoms with Crippen LogP contribution in [-0.2, 0) is 29.0 Å². The standard InChI is InChI=1S/C22H24N2O2/c1-2-15-7-9-18(10-8-15)23-21(25)19-13-20(19)22(26)24-12-11-16-5-3-4-6-17(16)14-24/h3-10,19-20H,2,11-14H2,1H3,(H,23,25). The number of aryl methyl sites for hydroxylation is 1. The maximum absolute atomic E-state index is 12.8. The monoisotopic (exact) mass is 348 g/mol. The van der Waals surface area contributed by atoms with Gasteiger partial charge in [-0.15, -0.1) is 0 Å². The highest BCUT2D eigenvalue weighted by Gasteiger charge is 2.49. The zero-order valence-corrected chi connectivity index (χ0v) is 15.1. The Labute approximate surface area is 154 Å². The van der Waals surface area contributed by atoms with Crippen LogP contribution in [0.25, 0.3) is 0 Å². The summed E-state index contributed by atoms with van der Waals surface area (Å²) in [6.07, 6.45) is 2.54. The predicted molar refractivity (Wildman–Crippen MR) is 102 cm³/mol. The molecule has 134 valence electrons. The zero-order valence-electron chi connectivity index (χ0n) is 15.1. The van der Waals surface area contributed by atoms with E-state index in [0.29, 0.717) is 13.0 Å². The Morgan fingerprint density at radius 1 is 1.04 bits per heavy atom. The van der Waals surface area contributed by atoms with Crippen LogP contribution in [0, 0.1) is 11.8 Å². The molecule has 4 rings (SSSR count). The molecule has 2 unspecified atom stereocenters. The van der Waals surface area contributed by atoms with Crippen LogP contribution in [0.2, 0.25) is 0 Å². The van der Waals surface area contributed by atoms with E-state index in [-0.39, 0.29) is 23.7 Å². The first-order valence-electron chi connectivity index (χ1n) is 9.41. The molecule has 1 N–H and O–H groups in total. The first kappa shape index (κ1) is 16.8. The Hall–Kier alpha value is -2.62. The lowest BCUT2D eigenvalue weighted by Gasteiger charge is -2.29. The van der Waals surface area contributed by atoms with Crippen LogP contribution >= 0.6 is 0 Å². The second kappa shape index (κ2) is 6.94. The molecule has 4 heteroatoms. The molecule has 0 saturated heterocycles. The van der Waals surface area contributed by atoms with Crippen molar-refractivity contribution < 1.29 is 9.59 Å². The minimum absolute atomic E-state index is 0.0370. The quantitative estimate of drug-likeness (QED) is 0.920. The molecule has 2 amide bonds. The van der Waals surface area contributed by atoms with Crippen LogP contribution in [0.15, 0.2) is 48.5 Å². The Morgan fingerprint density at radius 2 is 1.77 bits per heavy atom. The van der Waals surface area contributed by atoms with Crippen LogP contribution in [0.3, 0.4) is 0 Å². The molecule has 1 fully saturated rings. The normalized spacial score (nSPS) is 21.0. The van der Waals surface area contributed by atoms with Crippen molar-refractivity contribution in [3.63, 3.8) is 0 Å². The van der Waals surface area contributed by atoms with Gasteiger partial charge in [-0.05, 0) is 48.1 Å². The van der Waals surface area contributed by atoms with Crippen molar-refractivity contribution in [1.82, 2.24) is 4.90 Å². The molecule has 2 aliphatic rings. The van der Waals surface area contributed by atoms with Crippen molar-refractivity contribution in [3.05, 3.63) is 65.2 Å². The van der Waals surface area contributed by atoms with Gasteiger partial charge in [-0.25, -0.2) is 0 Å². The molecular formula is C22H24N2O2. The predicted octanol–water partition coefficient (Wildman–Crippen LogP) is 3.41. The summed E-state index contributed by atoms with van der Waals surface area (Å²) in [7, 11) is 0. The van der Waals surface area contributed by atoms with Crippen molar-refractivity contribution in [3.8, 4) is 0 Å². The summed E-state index contributed by atoms with van der Waals surface area (Å²) in [5.74, 6) is -0.258. The lowest BCUT2D eigenvalue weighted by molar-refractivity contribution is -0.135. The van der Waals surface area contributed by atoms with E-state index in [1.807, 2.05) is 41.3 Å². The first-order valence-corrected chi connectivity index (χ1v) is 9.41. The van der Waals surface area contributed by atoms with Gasteiger partial charge < -0.3 is 10.2 Å². The maximum atomic E-state index is 12.8. The first-order chi connectivity index (χ1) is 12.7. The van der Waals surface area contributed by atoms with Gasteiger partial charge in [0, 0.05) is 18.8 Å². The highest BCUT2D eigenvalue weighted by Crippen LogP contribution is 2.41. The van der Waals surface area contributed by atoms with E-state index >= 15 is 0 Å². The van der Waals surface area contributed by atoms with Crippen molar-refractivity contribution >= 4 is 17.5 Å². The van der Waals surface area contributed by atoms with E-state index in [1.165, 1.54) is 16.7 Å². The van der Waals surface area contributed by atoms with Crippen LogP contribution in [0.5, 0.6) is 0 Å². The van der Waals surface area contributed by atoms with Crippen molar-refractivity contribution in [2.75, 3.05) is 11.9 Å². The van der Waals surface area contributed by atoms with Crippen molar-refractivity contribution in [1.29, 1.82) is 0 Å². The van der Waals surface area contributed by atoms with Gasteiger partial charge in [0.15, 0.2) is 0 Å². The summed E-state index contributed by atoms with van der Waals surface area (Å²) in [6.45, 7) is 3.52. The molecule has 1 aliphatic carbocycles. The molecule has 1 heterocycles. The Balaban J connectivity index is 1.34. The van der Waals surface area contributed by atoms with Gasteiger partial charge in [-0.1, -0.05) is 43.3 Å². The highest BCUT2D eigenvalue weighted by molar-refractivity contribution is 5.99. The topological polar surface area (TPSA) is 49.4 Å². The van der Waals surface area contributed by atoms with Gasteiger partial charge in [0.25, 0.3) is 0 Å². The minimum Gasteiger partial charge on any atom is -0.338 e. The van der Waals surface area contributed by atoms with Crippen LogP contribution < -0.4 is 5.32 Å². The molecule has 26 heavy (non-hydrogen) atoms. The van der Waals surface area contributed by atoms with Crippen LogP contribution in [-0.4, -0.2) is 23.3 Å². The number of anilines is 1. The molecule has 0 bridgehead atoms. The van der Waals surface area contributed by atoms with Gasteiger partial charge in [0.1, 0.15) is 0 Å². The molecule has 0 spiro atoms. The van der Waals surface area contributed by atoms with E-state index in [2.05, 4.69) is 24.4 Å². The molecule has 0 radical (unpaired) electrons. The van der Waals surface area contributed by atoms with Crippen LogP contribution in [0.4, 0.5) is 5.69 Å². The minimum atomic E-state index is -0.189. The van der Waals surface area contributed by atoms with Crippen molar-refractivity contribution in [2.45, 2.75) is 32.7 Å². The second-order valence-electron chi connectivity index (χ2n) is 7.27. The lowest BCUT2D eigenvalue weighted by Crippen LogP contribution is -2.37. The van der Waals surface area contributed by atoms with E-state index in [1.54, 1.807) is 0 Å². The summed E-state index contributed by atoms with van der Waals surface area (Å²) in [5.41, 5.74) is 4.60. The largest absolute Gasteiger partial charge is 0.338 e. The lowest BCUT2D eigenvalue weighted by atomic mass is 9.99. The smallest absolute Gasteiger partial charge is 0.228 e. The molecule has 2 aromatic carbocycles. The number of carbonyl (C=O) groups excluding carboxylic acids is 2. The fourth-order valence-corrected chi connectivity index (χ4v) is 3.73. The number of nitrogens with one attached hydrogen (secondary N) is 1. The fourth-order valence-electron chi connectivity index (χ4n) is 3.73. The number of hydrogen-bond donors (Lipinski definition) is 1. The SMILES string of the molecule is CCc1ccc(NC(=O)C2CC2C(=O)N2CCc3ccccc3C2)cc1. The van der Waals surface area contributed by atoms with Gasteiger partial charge in [-0.2, -0.15) is 0 Å². The van der Waals surface area contributed by atoms with Gasteiger partial charge in [-0.3, -0.25) is 9.59 Å². The number of fused-ring (bicyclic) bond motifs is 1. The van der Waals surface area contributed by atoms with E-state index in [4.69, 9.17) is 0 Å². The number of rotatable bonds is 4. The maximum Gasteiger partial charge on any atom is 0.228 e. The summed E-state index contributed by atoms with van der Waals surface area (Å²) in [5, 5.41) is 2.95. The van der Waals surface area contributed by atoms with E-state index < -0.39 is 0 Å².